The van der Waals surface area contributed by atoms with Gasteiger partial charge in [-0.25, -0.2) is 13.5 Å². The Balaban J connectivity index is 1.48. The Kier molecular flexibility index (Phi) is 6.12. The molecular weight excluding hydrogens is 414 g/mol. The number of aryl methyl sites for hydroxylation is 1. The third-order valence-electron chi connectivity index (χ3n) is 5.67. The van der Waals surface area contributed by atoms with Crippen LogP contribution in [-0.2, 0) is 0 Å². The van der Waals surface area contributed by atoms with E-state index in [9.17, 15) is 13.9 Å². The number of aromatic nitrogens is 3. The number of hydrogen-bond donors (Lipinski definition) is 2. The molecule has 1 atom stereocenters. The second-order valence-electron chi connectivity index (χ2n) is 8.45. The van der Waals surface area contributed by atoms with Gasteiger partial charge in [0, 0.05) is 49.2 Å². The number of piperazine rings is 1. The van der Waals surface area contributed by atoms with E-state index in [0.29, 0.717) is 5.95 Å². The summed E-state index contributed by atoms with van der Waals surface area (Å²) >= 11 is 0. The quantitative estimate of drug-likeness (QED) is 0.612. The molecule has 2 N–H and O–H groups in total. The van der Waals surface area contributed by atoms with Crippen LogP contribution >= 0.6 is 0 Å². The first kappa shape index (κ1) is 22.2. The molecule has 1 aromatic heterocycles. The molecule has 1 aliphatic heterocycles. The van der Waals surface area contributed by atoms with Crippen molar-refractivity contribution in [2.75, 3.05) is 43.0 Å². The van der Waals surface area contributed by atoms with Crippen molar-refractivity contribution in [1.82, 2.24) is 19.7 Å². The van der Waals surface area contributed by atoms with Crippen molar-refractivity contribution < 1.29 is 13.9 Å². The van der Waals surface area contributed by atoms with Crippen LogP contribution in [-0.4, -0.2) is 63.1 Å². The summed E-state index contributed by atoms with van der Waals surface area (Å²) in [6.45, 7) is 11.4. The number of anilines is 3. The van der Waals surface area contributed by atoms with Crippen LogP contribution in [0.25, 0.3) is 5.69 Å². The summed E-state index contributed by atoms with van der Waals surface area (Å²) in [4.78, 5) is 8.70. The first-order chi connectivity index (χ1) is 15.2. The zero-order valence-electron chi connectivity index (χ0n) is 18.2. The number of aliphatic hydroxyl groups excluding tert-OH is 1. The molecule has 32 heavy (non-hydrogen) atoms. The maximum absolute atomic E-state index is 13.5. The van der Waals surface area contributed by atoms with Crippen molar-refractivity contribution in [3.8, 4) is 5.69 Å². The Morgan fingerprint density at radius 1 is 1.03 bits per heavy atom. The fraction of sp³-hybridized carbons (Fsp3) is 0.348. The lowest BCUT2D eigenvalue weighted by Gasteiger charge is -2.43. The van der Waals surface area contributed by atoms with E-state index in [4.69, 9.17) is 0 Å². The van der Waals surface area contributed by atoms with Crippen LogP contribution in [0.4, 0.5) is 26.1 Å². The van der Waals surface area contributed by atoms with Gasteiger partial charge in [0.05, 0.1) is 12.3 Å². The van der Waals surface area contributed by atoms with Crippen molar-refractivity contribution in [2.45, 2.75) is 19.4 Å². The molecule has 169 valence electrons. The number of benzene rings is 2. The largest absolute Gasteiger partial charge is 0.394 e. The average molecular weight is 442 g/mol. The molecule has 4 rings (SSSR count). The van der Waals surface area contributed by atoms with Gasteiger partial charge in [-0.3, -0.25) is 4.90 Å². The van der Waals surface area contributed by atoms with E-state index in [1.165, 1.54) is 23.1 Å². The summed E-state index contributed by atoms with van der Waals surface area (Å²) in [7, 11) is 0. The van der Waals surface area contributed by atoms with Gasteiger partial charge in [-0.2, -0.15) is 4.98 Å². The van der Waals surface area contributed by atoms with Crippen molar-refractivity contribution in [1.29, 1.82) is 0 Å². The van der Waals surface area contributed by atoms with Gasteiger partial charge in [-0.15, -0.1) is 5.10 Å². The second-order valence-corrected chi connectivity index (χ2v) is 8.45. The van der Waals surface area contributed by atoms with Crippen LogP contribution < -0.4 is 10.2 Å². The number of nitrogens with one attached hydrogen (secondary N) is 1. The molecule has 1 aliphatic rings. The van der Waals surface area contributed by atoms with Crippen molar-refractivity contribution in [3.05, 3.63) is 66.8 Å². The van der Waals surface area contributed by atoms with Crippen LogP contribution in [0.5, 0.6) is 0 Å². The highest BCUT2D eigenvalue weighted by Gasteiger charge is 2.29. The molecule has 2 heterocycles. The molecule has 0 spiro atoms. The molecule has 1 saturated heterocycles. The number of aliphatic hydroxyl groups is 1. The fourth-order valence-electron chi connectivity index (χ4n) is 3.87. The maximum Gasteiger partial charge on any atom is 0.246 e. The number of nitrogens with zero attached hydrogens (tertiary/aromatic N) is 5. The lowest BCUT2D eigenvalue weighted by atomic mass is 10.0. The zero-order valence-corrected chi connectivity index (χ0v) is 18.2. The van der Waals surface area contributed by atoms with Crippen LogP contribution in [0.3, 0.4) is 0 Å². The minimum Gasteiger partial charge on any atom is -0.394 e. The van der Waals surface area contributed by atoms with E-state index in [-0.39, 0.29) is 12.3 Å². The van der Waals surface area contributed by atoms with Gasteiger partial charge < -0.3 is 15.3 Å². The summed E-state index contributed by atoms with van der Waals surface area (Å²) in [5, 5.41) is 17.0. The number of rotatable bonds is 6. The molecule has 0 saturated carbocycles. The molecule has 3 aromatic rings. The normalized spacial score (nSPS) is 15.2. The van der Waals surface area contributed by atoms with E-state index in [1.807, 2.05) is 26.0 Å². The third kappa shape index (κ3) is 4.89. The Hall–Kier alpha value is -3.04. The van der Waals surface area contributed by atoms with E-state index in [1.54, 1.807) is 0 Å². The molecule has 7 nitrogen and oxygen atoms in total. The second kappa shape index (κ2) is 8.84. The topological polar surface area (TPSA) is 69.5 Å². The molecule has 0 amide bonds. The van der Waals surface area contributed by atoms with Crippen LogP contribution in [0, 0.1) is 25.5 Å². The summed E-state index contributed by atoms with van der Waals surface area (Å²) in [6.07, 6.45) is 1.41. The molecule has 0 bridgehead atoms. The van der Waals surface area contributed by atoms with Gasteiger partial charge in [0.2, 0.25) is 5.95 Å². The number of halogens is 2. The summed E-state index contributed by atoms with van der Waals surface area (Å²) in [5.41, 5.74) is 2.76. The molecule has 1 unspecified atom stereocenters. The van der Waals surface area contributed by atoms with E-state index in [2.05, 4.69) is 38.2 Å². The Labute approximate surface area is 186 Å². The van der Waals surface area contributed by atoms with Gasteiger partial charge in [0.15, 0.2) is 0 Å². The monoisotopic (exact) mass is 441 g/mol. The summed E-state index contributed by atoms with van der Waals surface area (Å²) in [6, 6.07) is 9.34. The van der Waals surface area contributed by atoms with Gasteiger partial charge in [0.1, 0.15) is 18.0 Å². The minimum atomic E-state index is -0.674. The Bertz CT molecular complexity index is 1070. The highest BCUT2D eigenvalue weighted by Crippen LogP contribution is 2.26. The van der Waals surface area contributed by atoms with Crippen molar-refractivity contribution in [3.63, 3.8) is 0 Å². The lowest BCUT2D eigenvalue weighted by Crippen LogP contribution is -2.56. The predicted molar refractivity (Wildman–Crippen MR) is 120 cm³/mol. The fourth-order valence-corrected chi connectivity index (χ4v) is 3.87. The van der Waals surface area contributed by atoms with Gasteiger partial charge >= 0.3 is 0 Å². The first-order valence-electron chi connectivity index (χ1n) is 10.5. The molecule has 9 heteroatoms. The highest BCUT2D eigenvalue weighted by molar-refractivity contribution is 5.64. The van der Waals surface area contributed by atoms with E-state index < -0.39 is 17.2 Å². The summed E-state index contributed by atoms with van der Waals surface area (Å²) < 4.78 is 28.3. The van der Waals surface area contributed by atoms with Crippen LogP contribution in [0.15, 0.2) is 42.7 Å². The Morgan fingerprint density at radius 3 is 2.38 bits per heavy atom. The van der Waals surface area contributed by atoms with Gasteiger partial charge in [-0.1, -0.05) is 0 Å². The molecule has 1 fully saturated rings. The molecular formula is C23H27F2N6O. The zero-order chi connectivity index (χ0) is 22.9. The van der Waals surface area contributed by atoms with Gasteiger partial charge in [-0.05, 0) is 56.7 Å². The van der Waals surface area contributed by atoms with Crippen LogP contribution in [0.1, 0.15) is 12.5 Å². The predicted octanol–water partition coefficient (Wildman–Crippen LogP) is 3.30. The van der Waals surface area contributed by atoms with Crippen molar-refractivity contribution in [2.24, 2.45) is 0 Å². The van der Waals surface area contributed by atoms with Gasteiger partial charge in [0.25, 0.3) is 0 Å². The minimum absolute atomic E-state index is 0.0213. The van der Waals surface area contributed by atoms with Crippen LogP contribution in [0.2, 0.25) is 0 Å². The molecule has 0 aliphatic carbocycles. The maximum atomic E-state index is 13.5. The summed E-state index contributed by atoms with van der Waals surface area (Å²) in [5.74, 6) is -1.02. The average Bonchev–Trinajstić information content (AvgIpc) is 3.21. The standard InChI is InChI=1S/C23H27F2N6O/c1-16-8-19(13-20(9-16)29-4-6-30(7-5-29)23(2,3)14-32)27-22-26-15-31(28-22)21-11-17(24)10-18(25)12-21/h8-13,15,32H,2,4-7,14H2,1,3H3,(H,27,28). The third-order valence-corrected chi connectivity index (χ3v) is 5.67. The molecule has 2 aromatic carbocycles. The SMILES string of the molecule is [CH2]C(C)(CO)N1CCN(c2cc(C)cc(Nc3ncn(-c4cc(F)cc(F)c4)n3)c2)CC1. The molecule has 1 radical (unpaired) electrons. The Morgan fingerprint density at radius 2 is 1.72 bits per heavy atom. The lowest BCUT2D eigenvalue weighted by molar-refractivity contribution is 0.0720. The smallest absolute Gasteiger partial charge is 0.246 e. The number of hydrogen-bond acceptors (Lipinski definition) is 6. The van der Waals surface area contributed by atoms with E-state index >= 15 is 0 Å². The van der Waals surface area contributed by atoms with E-state index in [0.717, 1.165) is 49.2 Å². The highest BCUT2D eigenvalue weighted by atomic mass is 19.1. The first-order valence-corrected chi connectivity index (χ1v) is 10.5. The van der Waals surface area contributed by atoms with Crippen molar-refractivity contribution >= 4 is 17.3 Å².